The first-order chi connectivity index (χ1) is 17.4. The van der Waals surface area contributed by atoms with Crippen molar-refractivity contribution >= 4 is 40.9 Å². The van der Waals surface area contributed by atoms with Crippen molar-refractivity contribution < 1.29 is 23.9 Å². The molecule has 1 heterocycles. The highest BCUT2D eigenvalue weighted by molar-refractivity contribution is 8.04. The SMILES string of the molecule is CCOC(=O)c1ccc(N2C(=O)C(Nc3ccccc3OCC)=C(Sc3ccc(C)cc3)C2=O)cc1. The number of carbonyl (C=O) groups excluding carboxylic acids is 3. The Hall–Kier alpha value is -4.04. The van der Waals surface area contributed by atoms with Crippen molar-refractivity contribution in [3.05, 3.63) is 94.5 Å². The molecule has 7 nitrogen and oxygen atoms in total. The lowest BCUT2D eigenvalue weighted by Gasteiger charge is -2.16. The van der Waals surface area contributed by atoms with Gasteiger partial charge in [0.1, 0.15) is 16.4 Å². The van der Waals surface area contributed by atoms with Gasteiger partial charge in [0.05, 0.1) is 30.2 Å². The number of nitrogens with one attached hydrogen (secondary N) is 1. The van der Waals surface area contributed by atoms with E-state index in [9.17, 15) is 14.4 Å². The van der Waals surface area contributed by atoms with Crippen molar-refractivity contribution in [3.63, 3.8) is 0 Å². The standard InChI is InChI=1S/C28H26N2O5S/c1-4-34-23-9-7-6-8-22(23)29-24-25(36-21-16-10-18(3)11-17-21)27(32)30(26(24)31)20-14-12-19(13-15-20)28(33)35-5-2/h6-17,29H,4-5H2,1-3H3. The lowest BCUT2D eigenvalue weighted by molar-refractivity contribution is -0.120. The summed E-state index contributed by atoms with van der Waals surface area (Å²) < 4.78 is 10.7. The number of thioether (sulfide) groups is 1. The molecule has 8 heteroatoms. The number of hydrogen-bond acceptors (Lipinski definition) is 7. The van der Waals surface area contributed by atoms with Gasteiger partial charge in [-0.3, -0.25) is 9.59 Å². The third kappa shape index (κ3) is 5.28. The minimum atomic E-state index is -0.496. The maximum absolute atomic E-state index is 13.6. The van der Waals surface area contributed by atoms with Crippen LogP contribution in [0.4, 0.5) is 11.4 Å². The highest BCUT2D eigenvalue weighted by Crippen LogP contribution is 2.39. The molecule has 0 aromatic heterocycles. The van der Waals surface area contributed by atoms with E-state index in [0.29, 0.717) is 29.3 Å². The van der Waals surface area contributed by atoms with Crippen LogP contribution in [0.2, 0.25) is 0 Å². The van der Waals surface area contributed by atoms with Gasteiger partial charge < -0.3 is 14.8 Å². The minimum Gasteiger partial charge on any atom is -0.492 e. The molecule has 0 bridgehead atoms. The van der Waals surface area contributed by atoms with Crippen molar-refractivity contribution in [1.29, 1.82) is 0 Å². The van der Waals surface area contributed by atoms with Crippen molar-refractivity contribution in [2.75, 3.05) is 23.4 Å². The first-order valence-electron chi connectivity index (χ1n) is 11.6. The van der Waals surface area contributed by atoms with Gasteiger partial charge >= 0.3 is 5.97 Å². The third-order valence-electron chi connectivity index (χ3n) is 5.37. The Morgan fingerprint density at radius 2 is 1.58 bits per heavy atom. The zero-order valence-electron chi connectivity index (χ0n) is 20.2. The molecule has 0 aliphatic carbocycles. The van der Waals surface area contributed by atoms with Crippen LogP contribution in [0.5, 0.6) is 5.75 Å². The fraction of sp³-hybridized carbons (Fsp3) is 0.179. The molecule has 0 unspecified atom stereocenters. The zero-order valence-corrected chi connectivity index (χ0v) is 21.1. The Labute approximate surface area is 214 Å². The number of carbonyl (C=O) groups is 3. The van der Waals surface area contributed by atoms with Crippen LogP contribution in [0.25, 0.3) is 0 Å². The van der Waals surface area contributed by atoms with Crippen LogP contribution in [0.1, 0.15) is 29.8 Å². The molecule has 0 spiro atoms. The summed E-state index contributed by atoms with van der Waals surface area (Å²) in [6.45, 7) is 6.29. The topological polar surface area (TPSA) is 84.9 Å². The number of imide groups is 1. The van der Waals surface area contributed by atoms with Gasteiger partial charge in [-0.05, 0) is 69.3 Å². The third-order valence-corrected chi connectivity index (χ3v) is 6.46. The number of esters is 1. The monoisotopic (exact) mass is 502 g/mol. The average molecular weight is 503 g/mol. The van der Waals surface area contributed by atoms with Crippen LogP contribution in [0.15, 0.2) is 88.3 Å². The summed E-state index contributed by atoms with van der Waals surface area (Å²) in [6, 6.07) is 21.2. The number of ether oxygens (including phenoxy) is 2. The molecule has 0 radical (unpaired) electrons. The number of aryl methyl sites for hydroxylation is 1. The fourth-order valence-corrected chi connectivity index (χ4v) is 4.55. The summed E-state index contributed by atoms with van der Waals surface area (Å²) in [5, 5.41) is 3.15. The maximum atomic E-state index is 13.6. The van der Waals surface area contributed by atoms with Crippen LogP contribution in [0, 0.1) is 6.92 Å². The van der Waals surface area contributed by atoms with Gasteiger partial charge in [-0.1, -0.05) is 41.6 Å². The molecule has 1 aliphatic rings. The highest BCUT2D eigenvalue weighted by atomic mass is 32.2. The zero-order chi connectivity index (χ0) is 25.7. The van der Waals surface area contributed by atoms with Gasteiger partial charge in [-0.15, -0.1) is 0 Å². The Balaban J connectivity index is 1.71. The van der Waals surface area contributed by atoms with Crippen molar-refractivity contribution in [1.82, 2.24) is 0 Å². The summed E-state index contributed by atoms with van der Waals surface area (Å²) in [5.41, 5.74) is 2.53. The van der Waals surface area contributed by atoms with Gasteiger partial charge in [-0.2, -0.15) is 0 Å². The van der Waals surface area contributed by atoms with Crippen LogP contribution in [0.3, 0.4) is 0 Å². The molecule has 0 atom stereocenters. The Morgan fingerprint density at radius 3 is 2.25 bits per heavy atom. The fourth-order valence-electron chi connectivity index (χ4n) is 3.62. The van der Waals surface area contributed by atoms with Crippen LogP contribution >= 0.6 is 11.8 Å². The largest absolute Gasteiger partial charge is 0.492 e. The predicted octanol–water partition coefficient (Wildman–Crippen LogP) is 5.56. The lowest BCUT2D eigenvalue weighted by atomic mass is 10.2. The van der Waals surface area contributed by atoms with E-state index in [1.54, 1.807) is 31.2 Å². The van der Waals surface area contributed by atoms with Gasteiger partial charge in [0.25, 0.3) is 11.8 Å². The Kier molecular flexibility index (Phi) is 7.75. The van der Waals surface area contributed by atoms with Crippen LogP contribution in [-0.2, 0) is 14.3 Å². The molecule has 3 aromatic rings. The second-order valence-electron chi connectivity index (χ2n) is 7.89. The van der Waals surface area contributed by atoms with E-state index in [0.717, 1.165) is 15.4 Å². The van der Waals surface area contributed by atoms with E-state index in [2.05, 4.69) is 5.32 Å². The molecule has 184 valence electrons. The van der Waals surface area contributed by atoms with E-state index < -0.39 is 17.8 Å². The van der Waals surface area contributed by atoms with Crippen molar-refractivity contribution in [2.45, 2.75) is 25.7 Å². The van der Waals surface area contributed by atoms with E-state index in [1.807, 2.05) is 50.2 Å². The molecule has 1 N–H and O–H groups in total. The minimum absolute atomic E-state index is 0.159. The van der Waals surface area contributed by atoms with Gasteiger partial charge in [-0.25, -0.2) is 9.69 Å². The molecular formula is C28H26N2O5S. The van der Waals surface area contributed by atoms with E-state index in [-0.39, 0.29) is 17.2 Å². The van der Waals surface area contributed by atoms with Crippen LogP contribution in [-0.4, -0.2) is 31.0 Å². The Bertz CT molecular complexity index is 1320. The predicted molar refractivity (Wildman–Crippen MR) is 140 cm³/mol. The molecule has 0 saturated heterocycles. The summed E-state index contributed by atoms with van der Waals surface area (Å²) in [4.78, 5) is 41.4. The number of hydrogen-bond donors (Lipinski definition) is 1. The first-order valence-corrected chi connectivity index (χ1v) is 12.4. The van der Waals surface area contributed by atoms with Crippen molar-refractivity contribution in [2.24, 2.45) is 0 Å². The summed E-state index contributed by atoms with van der Waals surface area (Å²) in [6.07, 6.45) is 0. The van der Waals surface area contributed by atoms with E-state index in [4.69, 9.17) is 9.47 Å². The summed E-state index contributed by atoms with van der Waals surface area (Å²) in [7, 11) is 0. The molecule has 3 aromatic carbocycles. The summed E-state index contributed by atoms with van der Waals surface area (Å²) in [5.74, 6) is -0.841. The second kappa shape index (κ2) is 11.1. The molecule has 2 amide bonds. The van der Waals surface area contributed by atoms with Gasteiger partial charge in [0.15, 0.2) is 0 Å². The molecule has 0 fully saturated rings. The second-order valence-corrected chi connectivity index (χ2v) is 8.97. The molecule has 4 rings (SSSR count). The molecule has 1 aliphatic heterocycles. The molecular weight excluding hydrogens is 476 g/mol. The number of amides is 2. The molecule has 36 heavy (non-hydrogen) atoms. The Morgan fingerprint density at radius 1 is 0.889 bits per heavy atom. The number of rotatable bonds is 9. The smallest absolute Gasteiger partial charge is 0.338 e. The average Bonchev–Trinajstić information content (AvgIpc) is 3.10. The number of nitrogens with zero attached hydrogens (tertiary/aromatic N) is 1. The van der Waals surface area contributed by atoms with Gasteiger partial charge in [0, 0.05) is 4.90 Å². The summed E-state index contributed by atoms with van der Waals surface area (Å²) >= 11 is 1.22. The number of para-hydroxylation sites is 2. The highest BCUT2D eigenvalue weighted by Gasteiger charge is 2.40. The number of anilines is 2. The number of benzene rings is 3. The lowest BCUT2D eigenvalue weighted by Crippen LogP contribution is -2.32. The maximum Gasteiger partial charge on any atom is 0.338 e. The van der Waals surface area contributed by atoms with Crippen molar-refractivity contribution in [3.8, 4) is 5.75 Å². The van der Waals surface area contributed by atoms with Crippen LogP contribution < -0.4 is 15.0 Å². The van der Waals surface area contributed by atoms with E-state index >= 15 is 0 Å². The van der Waals surface area contributed by atoms with E-state index in [1.165, 1.54) is 23.9 Å². The first kappa shape index (κ1) is 25.1. The molecule has 0 saturated carbocycles. The normalized spacial score (nSPS) is 13.2. The van der Waals surface area contributed by atoms with Gasteiger partial charge in [0.2, 0.25) is 0 Å². The quantitative estimate of drug-likeness (QED) is 0.303.